The molecule has 3 rings (SSSR count). The molecule has 1 aliphatic heterocycles. The monoisotopic (exact) mass is 306 g/mol. The number of anilines is 1. The molecule has 0 amide bonds. The lowest BCUT2D eigenvalue weighted by Gasteiger charge is -2.36. The van der Waals surface area contributed by atoms with Crippen molar-refractivity contribution in [3.05, 3.63) is 59.7 Å². The van der Waals surface area contributed by atoms with Crippen molar-refractivity contribution in [2.45, 2.75) is 6.54 Å². The van der Waals surface area contributed by atoms with Gasteiger partial charge in [-0.3, -0.25) is 4.90 Å². The summed E-state index contributed by atoms with van der Waals surface area (Å²) < 4.78 is 0. The van der Waals surface area contributed by atoms with Crippen LogP contribution in [0.1, 0.15) is 15.9 Å². The molecular weight excluding hydrogens is 287 g/mol. The molecule has 1 heterocycles. The topological polar surface area (TPSA) is 43.8 Å². The first-order valence-corrected chi connectivity index (χ1v) is 7.77. The van der Waals surface area contributed by atoms with Crippen molar-refractivity contribution < 1.29 is 9.90 Å². The second kappa shape index (κ2) is 6.88. The number of carboxylic acids is 1. The maximum atomic E-state index is 10.9. The Morgan fingerprint density at radius 3 is 2.26 bits per heavy atom. The van der Waals surface area contributed by atoms with Gasteiger partial charge in [0.25, 0.3) is 0 Å². The van der Waals surface area contributed by atoms with Gasteiger partial charge in [0, 0.05) is 38.4 Å². The molecule has 0 aromatic heterocycles. The van der Waals surface area contributed by atoms with E-state index >= 15 is 0 Å². The van der Waals surface area contributed by atoms with Crippen LogP contribution < -0.4 is 10.4 Å². The second-order valence-corrected chi connectivity index (χ2v) is 5.81. The molecule has 0 spiro atoms. The molecule has 2 aromatic carbocycles. The average molecular weight is 306 g/mol. The molecule has 1 N–H and O–H groups in total. The van der Waals surface area contributed by atoms with Crippen molar-refractivity contribution in [2.24, 2.45) is 0 Å². The van der Waals surface area contributed by atoms with E-state index in [4.69, 9.17) is 13.0 Å². The molecule has 1 fully saturated rings. The van der Waals surface area contributed by atoms with E-state index in [9.17, 15) is 4.79 Å². The summed E-state index contributed by atoms with van der Waals surface area (Å²) in [6.07, 6.45) is 0. The molecular formula is C18H19BN2O2. The fraction of sp³-hybridized carbons (Fsp3) is 0.278. The predicted octanol–water partition coefficient (Wildman–Crippen LogP) is 1.50. The van der Waals surface area contributed by atoms with Gasteiger partial charge in [0.1, 0.15) is 7.85 Å². The number of aromatic carboxylic acids is 1. The van der Waals surface area contributed by atoms with Crippen LogP contribution in [0.25, 0.3) is 0 Å². The zero-order chi connectivity index (χ0) is 16.2. The fourth-order valence-electron chi connectivity index (χ4n) is 2.90. The first-order valence-electron chi connectivity index (χ1n) is 7.77. The Bertz CT molecular complexity index is 680. The third-order valence-electron chi connectivity index (χ3n) is 4.30. The fourth-order valence-corrected chi connectivity index (χ4v) is 2.90. The van der Waals surface area contributed by atoms with Gasteiger partial charge in [0.05, 0.1) is 5.56 Å². The molecule has 1 aliphatic rings. The van der Waals surface area contributed by atoms with Crippen LogP contribution in [-0.2, 0) is 6.54 Å². The summed E-state index contributed by atoms with van der Waals surface area (Å²) in [6.45, 7) is 4.67. The van der Waals surface area contributed by atoms with Crippen molar-refractivity contribution in [1.29, 1.82) is 0 Å². The Morgan fingerprint density at radius 1 is 1.00 bits per heavy atom. The van der Waals surface area contributed by atoms with Gasteiger partial charge in [-0.1, -0.05) is 29.7 Å². The quantitative estimate of drug-likeness (QED) is 0.870. The van der Waals surface area contributed by atoms with E-state index in [0.717, 1.165) is 43.9 Å². The average Bonchev–Trinajstić information content (AvgIpc) is 2.58. The SMILES string of the molecule is [B]c1ccccc1CN1CCN(c2ccc(C(=O)O)cc2)CC1. The minimum Gasteiger partial charge on any atom is -0.478 e. The number of piperazine rings is 1. The summed E-state index contributed by atoms with van der Waals surface area (Å²) >= 11 is 0. The first-order chi connectivity index (χ1) is 11.1. The van der Waals surface area contributed by atoms with Crippen LogP contribution in [-0.4, -0.2) is 50.0 Å². The lowest BCUT2D eigenvalue weighted by Crippen LogP contribution is -2.46. The van der Waals surface area contributed by atoms with Gasteiger partial charge >= 0.3 is 5.97 Å². The highest BCUT2D eigenvalue weighted by molar-refractivity contribution is 6.33. The van der Waals surface area contributed by atoms with Gasteiger partial charge in [-0.15, -0.1) is 0 Å². The van der Waals surface area contributed by atoms with Gasteiger partial charge in [0.2, 0.25) is 0 Å². The molecule has 2 aromatic rings. The Labute approximate surface area is 137 Å². The van der Waals surface area contributed by atoms with Crippen LogP contribution in [0.5, 0.6) is 0 Å². The zero-order valence-corrected chi connectivity index (χ0v) is 13.0. The smallest absolute Gasteiger partial charge is 0.335 e. The molecule has 116 valence electrons. The summed E-state index contributed by atoms with van der Waals surface area (Å²) in [5.74, 6) is -0.887. The van der Waals surface area contributed by atoms with Gasteiger partial charge in [-0.05, 0) is 29.8 Å². The van der Waals surface area contributed by atoms with E-state index in [1.54, 1.807) is 12.1 Å². The van der Waals surface area contributed by atoms with Gasteiger partial charge in [-0.2, -0.15) is 0 Å². The van der Waals surface area contributed by atoms with Crippen molar-refractivity contribution in [3.8, 4) is 0 Å². The zero-order valence-electron chi connectivity index (χ0n) is 13.0. The number of nitrogens with zero attached hydrogens (tertiary/aromatic N) is 2. The number of carbonyl (C=O) groups is 1. The number of hydrogen-bond acceptors (Lipinski definition) is 3. The predicted molar refractivity (Wildman–Crippen MR) is 92.7 cm³/mol. The van der Waals surface area contributed by atoms with Crippen LogP contribution in [0, 0.1) is 0 Å². The molecule has 23 heavy (non-hydrogen) atoms. The number of hydrogen-bond donors (Lipinski definition) is 1. The summed E-state index contributed by atoms with van der Waals surface area (Å²) in [5, 5.41) is 8.95. The number of carboxylic acid groups (broad SMARTS) is 1. The van der Waals surface area contributed by atoms with Gasteiger partial charge < -0.3 is 10.0 Å². The molecule has 0 atom stereocenters. The van der Waals surface area contributed by atoms with Crippen molar-refractivity contribution in [1.82, 2.24) is 4.90 Å². The van der Waals surface area contributed by atoms with E-state index in [2.05, 4.69) is 15.9 Å². The lowest BCUT2D eigenvalue weighted by atomic mass is 9.90. The van der Waals surface area contributed by atoms with Crippen molar-refractivity contribution >= 4 is 25.0 Å². The maximum absolute atomic E-state index is 10.9. The molecule has 0 bridgehead atoms. The summed E-state index contributed by atoms with van der Waals surface area (Å²) in [5.41, 5.74) is 3.42. The van der Waals surface area contributed by atoms with Crippen LogP contribution in [0.2, 0.25) is 0 Å². The number of rotatable bonds is 4. The van der Waals surface area contributed by atoms with Crippen LogP contribution in [0.3, 0.4) is 0 Å². The highest BCUT2D eigenvalue weighted by atomic mass is 16.4. The summed E-state index contributed by atoms with van der Waals surface area (Å²) in [4.78, 5) is 15.6. The second-order valence-electron chi connectivity index (χ2n) is 5.81. The summed E-state index contributed by atoms with van der Waals surface area (Å²) in [7, 11) is 6.01. The molecule has 1 saturated heterocycles. The molecule has 2 radical (unpaired) electrons. The third-order valence-corrected chi connectivity index (χ3v) is 4.30. The van der Waals surface area contributed by atoms with E-state index in [1.807, 2.05) is 30.3 Å². The Kier molecular flexibility index (Phi) is 4.67. The van der Waals surface area contributed by atoms with E-state index in [0.29, 0.717) is 5.56 Å². The third kappa shape index (κ3) is 3.74. The minimum absolute atomic E-state index is 0.326. The number of benzene rings is 2. The molecule has 5 heteroatoms. The standard InChI is InChI=1S/C18H19BN2O2/c19-17-4-2-1-3-15(17)13-20-9-11-21(12-10-20)16-7-5-14(6-8-16)18(22)23/h1-8H,9-13H2,(H,22,23). The van der Waals surface area contributed by atoms with E-state index < -0.39 is 5.97 Å². The lowest BCUT2D eigenvalue weighted by molar-refractivity contribution is 0.0697. The highest BCUT2D eigenvalue weighted by Gasteiger charge is 2.18. The Morgan fingerprint density at radius 2 is 1.65 bits per heavy atom. The van der Waals surface area contributed by atoms with Crippen LogP contribution in [0.4, 0.5) is 5.69 Å². The Balaban J connectivity index is 1.58. The molecule has 0 saturated carbocycles. The summed E-state index contributed by atoms with van der Waals surface area (Å²) in [6, 6.07) is 15.1. The highest BCUT2D eigenvalue weighted by Crippen LogP contribution is 2.18. The van der Waals surface area contributed by atoms with Gasteiger partial charge in [0.15, 0.2) is 0 Å². The maximum Gasteiger partial charge on any atom is 0.335 e. The minimum atomic E-state index is -0.887. The largest absolute Gasteiger partial charge is 0.478 e. The normalized spacial score (nSPS) is 15.6. The molecule has 0 aliphatic carbocycles. The molecule has 0 unspecified atom stereocenters. The van der Waals surface area contributed by atoms with Crippen molar-refractivity contribution in [2.75, 3.05) is 31.1 Å². The van der Waals surface area contributed by atoms with Crippen LogP contribution in [0.15, 0.2) is 48.5 Å². The van der Waals surface area contributed by atoms with Crippen molar-refractivity contribution in [3.63, 3.8) is 0 Å². The van der Waals surface area contributed by atoms with E-state index in [1.165, 1.54) is 5.56 Å². The molecule has 4 nitrogen and oxygen atoms in total. The first kappa shape index (κ1) is 15.6. The van der Waals surface area contributed by atoms with Gasteiger partial charge in [-0.25, -0.2) is 4.79 Å². The van der Waals surface area contributed by atoms with E-state index in [-0.39, 0.29) is 0 Å². The van der Waals surface area contributed by atoms with Crippen LogP contribution >= 0.6 is 0 Å². The Hall–Kier alpha value is -2.27.